The zero-order chi connectivity index (χ0) is 38.5. The fourth-order valence-corrected chi connectivity index (χ4v) is 6.57. The van der Waals surface area contributed by atoms with E-state index in [1.165, 1.54) is 70.6 Å². The molecule has 0 amide bonds. The largest absolute Gasteiger partial charge is 0.462 e. The minimum absolute atomic E-state index is 0.124. The van der Waals surface area contributed by atoms with E-state index in [2.05, 4.69) is 38.2 Å². The molecule has 4 N–H and O–H groups in total. The van der Waals surface area contributed by atoms with Crippen molar-refractivity contribution in [1.29, 1.82) is 0 Å². The third-order valence-corrected chi connectivity index (χ3v) is 9.78. The number of esters is 2. The second kappa shape index (κ2) is 30.5. The molecule has 1 aliphatic rings. The molecule has 1 fully saturated rings. The fourth-order valence-electron chi connectivity index (χ4n) is 5.88. The molecule has 52 heavy (non-hydrogen) atoms. The van der Waals surface area contributed by atoms with Gasteiger partial charge in [-0.25, -0.2) is 0 Å². The van der Waals surface area contributed by atoms with Gasteiger partial charge in [-0.2, -0.15) is 8.42 Å². The summed E-state index contributed by atoms with van der Waals surface area (Å²) in [7, 11) is -4.60. The van der Waals surface area contributed by atoms with Crippen molar-refractivity contribution in [3.8, 4) is 0 Å². The van der Waals surface area contributed by atoms with Gasteiger partial charge < -0.3 is 34.3 Å². The van der Waals surface area contributed by atoms with Gasteiger partial charge in [-0.05, 0) is 44.9 Å². The second-order valence-corrected chi connectivity index (χ2v) is 15.4. The van der Waals surface area contributed by atoms with Crippen molar-refractivity contribution in [2.45, 2.75) is 192 Å². The first-order valence-electron chi connectivity index (χ1n) is 19.9. The molecule has 0 aliphatic carbocycles. The van der Waals surface area contributed by atoms with Crippen molar-refractivity contribution in [2.75, 3.05) is 19.0 Å². The van der Waals surface area contributed by atoms with Crippen LogP contribution in [0.4, 0.5) is 0 Å². The number of aliphatic hydroxyl groups excluding tert-OH is 3. The van der Waals surface area contributed by atoms with Crippen LogP contribution in [-0.2, 0) is 38.7 Å². The highest BCUT2D eigenvalue weighted by Crippen LogP contribution is 2.24. The Labute approximate surface area is 313 Å². The molecular weight excluding hydrogens is 692 g/mol. The molecule has 2 unspecified atom stereocenters. The number of rotatable bonds is 32. The van der Waals surface area contributed by atoms with E-state index in [-0.39, 0.29) is 19.4 Å². The monoisotopic (exact) mass is 762 g/mol. The Balaban J connectivity index is 2.54. The summed E-state index contributed by atoms with van der Waals surface area (Å²) in [6.07, 6.45) is 21.1. The van der Waals surface area contributed by atoms with Gasteiger partial charge in [-0.3, -0.25) is 14.1 Å². The predicted octanol–water partition coefficient (Wildman–Crippen LogP) is 6.89. The van der Waals surface area contributed by atoms with Crippen LogP contribution in [0, 0.1) is 0 Å². The molecule has 0 aromatic rings. The Morgan fingerprint density at radius 3 is 1.73 bits per heavy atom. The van der Waals surface area contributed by atoms with Crippen LogP contribution in [0.5, 0.6) is 0 Å². The van der Waals surface area contributed by atoms with Gasteiger partial charge in [-0.15, -0.1) is 0 Å². The quantitative estimate of drug-likeness (QED) is 0.0241. The molecule has 1 rings (SSSR count). The van der Waals surface area contributed by atoms with E-state index in [4.69, 9.17) is 18.9 Å². The molecule has 0 bridgehead atoms. The maximum absolute atomic E-state index is 12.7. The molecule has 0 saturated carbocycles. The number of hydrogen-bond acceptors (Lipinski definition) is 11. The second-order valence-electron chi connectivity index (χ2n) is 14.0. The average Bonchev–Trinajstić information content (AvgIpc) is 3.10. The van der Waals surface area contributed by atoms with E-state index in [1.807, 2.05) is 0 Å². The maximum atomic E-state index is 12.7. The highest BCUT2D eigenvalue weighted by atomic mass is 32.2. The lowest BCUT2D eigenvalue weighted by Gasteiger charge is -2.40. The summed E-state index contributed by atoms with van der Waals surface area (Å²) in [5.74, 6) is -2.03. The van der Waals surface area contributed by atoms with Crippen LogP contribution in [0.3, 0.4) is 0 Å². The van der Waals surface area contributed by atoms with Gasteiger partial charge in [0.15, 0.2) is 12.4 Å². The lowest BCUT2D eigenvalue weighted by Crippen LogP contribution is -2.60. The van der Waals surface area contributed by atoms with Gasteiger partial charge in [0.2, 0.25) is 0 Å². The number of carbonyl (C=O) groups excluding carboxylic acids is 2. The van der Waals surface area contributed by atoms with Crippen LogP contribution in [-0.4, -0.2) is 96.0 Å². The Morgan fingerprint density at radius 1 is 0.654 bits per heavy atom. The molecule has 0 aromatic heterocycles. The molecule has 0 radical (unpaired) electrons. The summed E-state index contributed by atoms with van der Waals surface area (Å²) in [5, 5.41) is 30.7. The van der Waals surface area contributed by atoms with Crippen LogP contribution in [0.25, 0.3) is 0 Å². The maximum Gasteiger partial charge on any atom is 0.306 e. The number of unbranched alkanes of at least 4 members (excludes halogenated alkanes) is 16. The first-order chi connectivity index (χ1) is 25.0. The van der Waals surface area contributed by atoms with Crippen molar-refractivity contribution >= 4 is 22.1 Å². The highest BCUT2D eigenvalue weighted by Gasteiger charge is 2.46. The molecule has 304 valence electrons. The fraction of sp³-hybridized carbons (Fsp3) is 0.846. The van der Waals surface area contributed by atoms with E-state index in [0.29, 0.717) is 12.8 Å². The standard InChI is InChI=1S/C39H70O12S/c1-3-5-7-9-11-13-14-15-16-17-18-20-22-24-26-28-35(41)50-32(29-48-34(40)27-25-23-21-19-12-10-8-6-4-2)30-49-39-38(44)37(43)36(42)33(51-39)31-52(45,46)47/h15-16,18,20,32-33,36-39,42-44H,3-14,17,19,21-31H2,1-2H3,(H,45,46,47)/b16-15+,20-18+/t32-,33-,36-,37?,38?,39+/m1/s1. The Hall–Kier alpha value is -1.87. The number of carbonyl (C=O) groups is 2. The molecule has 13 heteroatoms. The summed E-state index contributed by atoms with van der Waals surface area (Å²) in [6.45, 7) is 3.67. The highest BCUT2D eigenvalue weighted by molar-refractivity contribution is 7.85. The summed E-state index contributed by atoms with van der Waals surface area (Å²) in [5.41, 5.74) is 0. The molecule has 1 saturated heterocycles. The number of aliphatic hydroxyl groups is 3. The summed E-state index contributed by atoms with van der Waals surface area (Å²) in [4.78, 5) is 25.2. The molecule has 12 nitrogen and oxygen atoms in total. The Kier molecular flexibility index (Phi) is 28.2. The van der Waals surface area contributed by atoms with Crippen molar-refractivity contribution in [3.63, 3.8) is 0 Å². The van der Waals surface area contributed by atoms with Gasteiger partial charge >= 0.3 is 11.9 Å². The van der Waals surface area contributed by atoms with Gasteiger partial charge in [0, 0.05) is 12.8 Å². The van der Waals surface area contributed by atoms with Crippen LogP contribution in [0.15, 0.2) is 24.3 Å². The van der Waals surface area contributed by atoms with Crippen LogP contribution < -0.4 is 0 Å². The number of ether oxygens (including phenoxy) is 4. The topological polar surface area (TPSA) is 186 Å². The van der Waals surface area contributed by atoms with E-state index in [1.54, 1.807) is 0 Å². The summed E-state index contributed by atoms with van der Waals surface area (Å²) in [6, 6.07) is 0. The normalized spacial score (nSPS) is 21.5. The minimum Gasteiger partial charge on any atom is -0.462 e. The first kappa shape index (κ1) is 48.1. The van der Waals surface area contributed by atoms with Crippen molar-refractivity contribution in [3.05, 3.63) is 24.3 Å². The number of allylic oxidation sites excluding steroid dienone is 4. The van der Waals surface area contributed by atoms with E-state index < -0.39 is 71.2 Å². The van der Waals surface area contributed by atoms with Gasteiger partial charge in [-0.1, -0.05) is 122 Å². The lowest BCUT2D eigenvalue weighted by molar-refractivity contribution is -0.297. The third-order valence-electron chi connectivity index (χ3n) is 9.03. The molecular formula is C39H70O12S. The molecule has 1 heterocycles. The third kappa shape index (κ3) is 25.2. The SMILES string of the molecule is CCCCCCCC/C=C/C/C=C/CCCCC(=O)O[C@H](COC(=O)CCCCCCCCCCC)CO[C@H]1O[C@H](CS(=O)(=O)O)[C@@H](O)C(O)C1O. The summed E-state index contributed by atoms with van der Waals surface area (Å²) >= 11 is 0. The minimum atomic E-state index is -4.60. The zero-order valence-corrected chi connectivity index (χ0v) is 32.7. The smallest absolute Gasteiger partial charge is 0.306 e. The average molecular weight is 763 g/mol. The van der Waals surface area contributed by atoms with Crippen molar-refractivity contribution in [1.82, 2.24) is 0 Å². The zero-order valence-electron chi connectivity index (χ0n) is 31.9. The van der Waals surface area contributed by atoms with E-state index in [0.717, 1.165) is 44.9 Å². The molecule has 6 atom stereocenters. The molecule has 1 aliphatic heterocycles. The first-order valence-corrected chi connectivity index (χ1v) is 21.5. The van der Waals surface area contributed by atoms with Crippen molar-refractivity contribution in [2.24, 2.45) is 0 Å². The van der Waals surface area contributed by atoms with Gasteiger partial charge in [0.05, 0.1) is 6.61 Å². The lowest BCUT2D eigenvalue weighted by atomic mass is 10.00. The van der Waals surface area contributed by atoms with Crippen LogP contribution in [0.2, 0.25) is 0 Å². The Bertz CT molecular complexity index is 1080. The summed E-state index contributed by atoms with van der Waals surface area (Å²) < 4.78 is 53.7. The Morgan fingerprint density at radius 2 is 1.15 bits per heavy atom. The van der Waals surface area contributed by atoms with Crippen LogP contribution in [0.1, 0.15) is 155 Å². The van der Waals surface area contributed by atoms with Gasteiger partial charge in [0.25, 0.3) is 10.1 Å². The molecule has 0 spiro atoms. The van der Waals surface area contributed by atoms with Crippen LogP contribution >= 0.6 is 0 Å². The number of hydrogen-bond donors (Lipinski definition) is 4. The van der Waals surface area contributed by atoms with E-state index >= 15 is 0 Å². The molecule has 0 aromatic carbocycles. The predicted molar refractivity (Wildman–Crippen MR) is 201 cm³/mol. The van der Waals surface area contributed by atoms with Crippen molar-refractivity contribution < 1.29 is 56.8 Å². The van der Waals surface area contributed by atoms with Gasteiger partial charge in [0.1, 0.15) is 36.8 Å². The van der Waals surface area contributed by atoms with E-state index in [9.17, 15) is 37.9 Å².